The van der Waals surface area contributed by atoms with Crippen molar-refractivity contribution in [1.82, 2.24) is 20.4 Å². The van der Waals surface area contributed by atoms with Crippen molar-refractivity contribution in [2.24, 2.45) is 21.5 Å². The van der Waals surface area contributed by atoms with Gasteiger partial charge in [0.1, 0.15) is 17.9 Å². The minimum Gasteiger partial charge on any atom is -0.406 e. The van der Waals surface area contributed by atoms with Crippen molar-refractivity contribution in [2.45, 2.75) is 49.1 Å². The summed E-state index contributed by atoms with van der Waals surface area (Å²) < 4.78 is 41.6. The summed E-state index contributed by atoms with van der Waals surface area (Å²) in [5.41, 5.74) is 10.6. The van der Waals surface area contributed by atoms with Gasteiger partial charge in [-0.2, -0.15) is 0 Å². The summed E-state index contributed by atoms with van der Waals surface area (Å²) in [6.45, 7) is -0.158. The highest BCUT2D eigenvalue weighted by Crippen LogP contribution is 2.40. The number of imide groups is 1. The van der Waals surface area contributed by atoms with Crippen molar-refractivity contribution in [3.8, 4) is 5.75 Å². The van der Waals surface area contributed by atoms with E-state index in [4.69, 9.17) is 11.5 Å². The van der Waals surface area contributed by atoms with Crippen molar-refractivity contribution in [3.05, 3.63) is 29.8 Å². The number of nitrogens with zero attached hydrogens (tertiary/aromatic N) is 4. The number of carbonyl (C=O) groups is 3. The number of aliphatic hydroxyl groups is 1. The van der Waals surface area contributed by atoms with Crippen LogP contribution in [0.1, 0.15) is 23.2 Å². The lowest BCUT2D eigenvalue weighted by molar-refractivity contribution is -0.274. The summed E-state index contributed by atoms with van der Waals surface area (Å²) >= 11 is 0. The molecule has 4 aliphatic rings. The average Bonchev–Trinajstić information content (AvgIpc) is 3.42. The number of aliphatic imine (C=N–C) groups is 2. The predicted octanol–water partition coefficient (Wildman–Crippen LogP) is -1.81. The Balaban J connectivity index is 1.38. The van der Waals surface area contributed by atoms with Gasteiger partial charge < -0.3 is 36.8 Å². The lowest BCUT2D eigenvalue weighted by Gasteiger charge is -2.46. The molecule has 4 aliphatic heterocycles. The van der Waals surface area contributed by atoms with E-state index in [1.54, 1.807) is 0 Å². The van der Waals surface area contributed by atoms with Crippen LogP contribution in [0, 0.1) is 0 Å². The van der Waals surface area contributed by atoms with Crippen LogP contribution in [0.2, 0.25) is 0 Å². The molecule has 0 aliphatic carbocycles. The van der Waals surface area contributed by atoms with E-state index in [0.717, 1.165) is 17.0 Å². The maximum absolute atomic E-state index is 12.9. The molecule has 13 nitrogen and oxygen atoms in total. The number of carbonyl (C=O) groups excluding carboxylic acids is 3. The largest absolute Gasteiger partial charge is 0.573 e. The van der Waals surface area contributed by atoms with Crippen molar-refractivity contribution in [3.63, 3.8) is 0 Å². The smallest absolute Gasteiger partial charge is 0.406 e. The molecule has 0 bridgehead atoms. The van der Waals surface area contributed by atoms with Gasteiger partial charge in [-0.15, -0.1) is 13.2 Å². The standard InChI is InChI=1S/C21H23F3N8O5/c22-21(23,24)37-10-3-1-2-9(6-10)17(36)27-12-8-32-19(26)28-11(7-31-13(33)4-5-14(31)34)15-20(32,16(12)35)30-18(25)29-15/h1-3,6,11-12,15-16,35H,4-5,7-8H2,(H2,26,28)(H,27,36)(H3,25,29,30)/t11?,12-,15?,16+,20?/m0/s1. The zero-order valence-electron chi connectivity index (χ0n) is 19.1. The first-order chi connectivity index (χ1) is 17.4. The maximum atomic E-state index is 12.9. The highest BCUT2D eigenvalue weighted by Gasteiger charge is 2.65. The second-order valence-corrected chi connectivity index (χ2v) is 9.07. The molecular weight excluding hydrogens is 501 g/mol. The molecule has 4 heterocycles. The van der Waals surface area contributed by atoms with E-state index in [-0.39, 0.29) is 55.2 Å². The number of halogens is 3. The Morgan fingerprint density at radius 1 is 1.24 bits per heavy atom. The normalized spacial score (nSPS) is 30.9. The van der Waals surface area contributed by atoms with E-state index < -0.39 is 47.9 Å². The number of aliphatic hydroxyl groups excluding tert-OH is 1. The molecular formula is C21H23F3N8O5. The fourth-order valence-electron chi connectivity index (χ4n) is 5.29. The van der Waals surface area contributed by atoms with Crippen LogP contribution in [-0.2, 0) is 9.59 Å². The Bertz CT molecular complexity index is 1210. The second-order valence-electron chi connectivity index (χ2n) is 9.07. The summed E-state index contributed by atoms with van der Waals surface area (Å²) in [5, 5.41) is 16.9. The summed E-state index contributed by atoms with van der Waals surface area (Å²) in [5.74, 6) is -2.12. The third-order valence-corrected chi connectivity index (χ3v) is 6.83. The van der Waals surface area contributed by atoms with Crippen LogP contribution in [0.25, 0.3) is 0 Å². The number of nitrogens with two attached hydrogens (primary N) is 2. The minimum absolute atomic E-state index is 0.0332. The summed E-state index contributed by atoms with van der Waals surface area (Å²) in [6, 6.07) is 1.81. The van der Waals surface area contributed by atoms with Gasteiger partial charge in [0.25, 0.3) is 5.91 Å². The summed E-state index contributed by atoms with van der Waals surface area (Å²) in [7, 11) is 0. The molecule has 198 valence electrons. The van der Waals surface area contributed by atoms with E-state index in [0.29, 0.717) is 0 Å². The topological polar surface area (TPSA) is 188 Å². The van der Waals surface area contributed by atoms with Gasteiger partial charge in [-0.3, -0.25) is 19.3 Å². The molecule has 0 saturated carbocycles. The summed E-state index contributed by atoms with van der Waals surface area (Å²) in [6.07, 6.45) is -6.13. The molecule has 5 rings (SSSR count). The van der Waals surface area contributed by atoms with Gasteiger partial charge in [0.05, 0.1) is 18.6 Å². The van der Waals surface area contributed by atoms with Gasteiger partial charge in [0.15, 0.2) is 17.6 Å². The number of nitrogens with one attached hydrogen (secondary N) is 2. The SMILES string of the molecule is NC1=NC2C(CN3C(=O)CCC3=O)N=C(N)N3C[C@H](NC(=O)c4cccc(OC(F)(F)F)c4)[C@@H](O)C23N1. The molecule has 2 fully saturated rings. The summed E-state index contributed by atoms with van der Waals surface area (Å²) in [4.78, 5) is 48.5. The number of ether oxygens (including phenoxy) is 1. The van der Waals surface area contributed by atoms with E-state index in [9.17, 15) is 32.7 Å². The Morgan fingerprint density at radius 2 is 1.95 bits per heavy atom. The second kappa shape index (κ2) is 8.50. The van der Waals surface area contributed by atoms with E-state index in [1.807, 2.05) is 0 Å². The van der Waals surface area contributed by atoms with Gasteiger partial charge in [-0.1, -0.05) is 6.07 Å². The van der Waals surface area contributed by atoms with Crippen molar-refractivity contribution < 1.29 is 37.4 Å². The van der Waals surface area contributed by atoms with Crippen LogP contribution < -0.4 is 26.8 Å². The van der Waals surface area contributed by atoms with Gasteiger partial charge in [-0.05, 0) is 18.2 Å². The predicted molar refractivity (Wildman–Crippen MR) is 120 cm³/mol. The molecule has 0 aromatic heterocycles. The van der Waals surface area contributed by atoms with Crippen LogP contribution in [0.3, 0.4) is 0 Å². The monoisotopic (exact) mass is 524 g/mol. The van der Waals surface area contributed by atoms with Crippen LogP contribution in [0.4, 0.5) is 13.2 Å². The molecule has 1 spiro atoms. The highest BCUT2D eigenvalue weighted by atomic mass is 19.4. The van der Waals surface area contributed by atoms with E-state index >= 15 is 0 Å². The first-order valence-electron chi connectivity index (χ1n) is 11.3. The molecule has 3 unspecified atom stereocenters. The van der Waals surface area contributed by atoms with Gasteiger partial charge in [-0.25, -0.2) is 9.98 Å². The van der Waals surface area contributed by atoms with Crippen LogP contribution in [0.5, 0.6) is 5.75 Å². The number of alkyl halides is 3. The lowest BCUT2D eigenvalue weighted by atomic mass is 9.87. The molecule has 16 heteroatoms. The van der Waals surface area contributed by atoms with Crippen molar-refractivity contribution >= 4 is 29.6 Å². The van der Waals surface area contributed by atoms with E-state index in [1.165, 1.54) is 17.0 Å². The number of amides is 3. The Labute approximate surface area is 207 Å². The van der Waals surface area contributed by atoms with Gasteiger partial charge in [0, 0.05) is 24.9 Å². The number of hydrogen-bond donors (Lipinski definition) is 5. The molecule has 1 aromatic carbocycles. The van der Waals surface area contributed by atoms with Gasteiger partial charge >= 0.3 is 6.36 Å². The lowest BCUT2D eigenvalue weighted by Crippen LogP contribution is -2.73. The number of guanidine groups is 2. The van der Waals surface area contributed by atoms with Crippen LogP contribution >= 0.6 is 0 Å². The van der Waals surface area contributed by atoms with Crippen molar-refractivity contribution in [2.75, 3.05) is 13.1 Å². The molecule has 3 amide bonds. The molecule has 2 saturated heterocycles. The first kappa shape index (κ1) is 24.6. The highest BCUT2D eigenvalue weighted by molar-refractivity contribution is 6.02. The van der Waals surface area contributed by atoms with Crippen LogP contribution in [-0.4, -0.2) is 93.9 Å². The maximum Gasteiger partial charge on any atom is 0.573 e. The number of hydrogen-bond acceptors (Lipinski definition) is 11. The Kier molecular flexibility index (Phi) is 5.65. The number of benzene rings is 1. The quantitative estimate of drug-likeness (QED) is 0.277. The van der Waals surface area contributed by atoms with E-state index in [2.05, 4.69) is 25.4 Å². The molecule has 5 atom stereocenters. The average molecular weight is 524 g/mol. The Morgan fingerprint density at radius 3 is 2.62 bits per heavy atom. The third kappa shape index (κ3) is 4.16. The number of likely N-dealkylation sites (tertiary alicyclic amines) is 1. The molecule has 37 heavy (non-hydrogen) atoms. The van der Waals surface area contributed by atoms with Crippen LogP contribution in [0.15, 0.2) is 34.3 Å². The molecule has 7 N–H and O–H groups in total. The third-order valence-electron chi connectivity index (χ3n) is 6.83. The first-order valence-corrected chi connectivity index (χ1v) is 11.3. The zero-order chi connectivity index (χ0) is 26.7. The molecule has 0 radical (unpaired) electrons. The fourth-order valence-corrected chi connectivity index (χ4v) is 5.29. The Hall–Kier alpha value is -4.08. The fraction of sp³-hybridized carbons (Fsp3) is 0.476. The number of rotatable bonds is 5. The van der Waals surface area contributed by atoms with Crippen molar-refractivity contribution in [1.29, 1.82) is 0 Å². The zero-order valence-corrected chi connectivity index (χ0v) is 19.1. The minimum atomic E-state index is -4.93. The molecule has 1 aromatic rings. The van der Waals surface area contributed by atoms with Gasteiger partial charge in [0.2, 0.25) is 11.8 Å².